The lowest BCUT2D eigenvalue weighted by molar-refractivity contribution is 0.217. The van der Waals surface area contributed by atoms with E-state index in [0.29, 0.717) is 12.5 Å². The zero-order valence-corrected chi connectivity index (χ0v) is 9.39. The number of rotatable bonds is 4. The predicted octanol–water partition coefficient (Wildman–Crippen LogP) is 2.96. The minimum Gasteiger partial charge on any atom is -0.303 e. The highest BCUT2D eigenvalue weighted by atomic mass is 19.1. The lowest BCUT2D eigenvalue weighted by atomic mass is 10.2. The van der Waals surface area contributed by atoms with Crippen molar-refractivity contribution in [1.29, 1.82) is 0 Å². The fourth-order valence-corrected chi connectivity index (χ4v) is 1.13. The van der Waals surface area contributed by atoms with E-state index >= 15 is 0 Å². The molecule has 0 amide bonds. The molecule has 0 rings (SSSR count). The third-order valence-electron chi connectivity index (χ3n) is 1.24. The molecule has 0 aliphatic heterocycles. The van der Waals surface area contributed by atoms with Crippen molar-refractivity contribution < 1.29 is 4.39 Å². The number of halogens is 1. The van der Waals surface area contributed by atoms with Crippen molar-refractivity contribution in [2.24, 2.45) is 5.92 Å². The summed E-state index contributed by atoms with van der Waals surface area (Å²) in [5.74, 6) is 0.628. The van der Waals surface area contributed by atoms with Gasteiger partial charge in [-0.3, -0.25) is 0 Å². The Balaban J connectivity index is 0. The Morgan fingerprint density at radius 3 is 1.75 bits per heavy atom. The molecule has 0 heterocycles. The van der Waals surface area contributed by atoms with Crippen LogP contribution >= 0.6 is 0 Å². The molecule has 0 fully saturated rings. The van der Waals surface area contributed by atoms with E-state index in [1.165, 1.54) is 0 Å². The van der Waals surface area contributed by atoms with E-state index in [1.54, 1.807) is 6.92 Å². The normalized spacial score (nSPS) is 12.8. The molecule has 0 N–H and O–H groups in total. The molecule has 0 aliphatic rings. The van der Waals surface area contributed by atoms with Gasteiger partial charge in [-0.25, -0.2) is 4.39 Å². The summed E-state index contributed by atoms with van der Waals surface area (Å²) in [7, 11) is 1.95. The fraction of sp³-hybridized carbons (Fsp3) is 1.00. The van der Waals surface area contributed by atoms with Crippen molar-refractivity contribution in [2.45, 2.75) is 40.8 Å². The molecule has 0 bridgehead atoms. The summed E-state index contributed by atoms with van der Waals surface area (Å²) < 4.78 is 12.4. The zero-order chi connectivity index (χ0) is 10.1. The molecule has 0 aromatic heterocycles. The molecular weight excluding hydrogens is 153 g/mol. The highest BCUT2D eigenvalue weighted by Gasteiger charge is 2.04. The van der Waals surface area contributed by atoms with E-state index in [1.807, 2.05) is 25.8 Å². The smallest absolute Gasteiger partial charge is 0.110 e. The number of nitrogens with zero attached hydrogens (tertiary/aromatic N) is 1. The summed E-state index contributed by atoms with van der Waals surface area (Å²) >= 11 is 0. The average Bonchev–Trinajstić information content (AvgIpc) is 1.87. The van der Waals surface area contributed by atoms with Gasteiger partial charge in [-0.2, -0.15) is 0 Å². The van der Waals surface area contributed by atoms with E-state index in [0.717, 1.165) is 6.54 Å². The largest absolute Gasteiger partial charge is 0.303 e. The Morgan fingerprint density at radius 2 is 1.50 bits per heavy atom. The van der Waals surface area contributed by atoms with Gasteiger partial charge in [0.05, 0.1) is 0 Å². The molecule has 0 aromatic rings. The first-order valence-corrected chi connectivity index (χ1v) is 4.85. The van der Waals surface area contributed by atoms with Crippen molar-refractivity contribution in [3.8, 4) is 0 Å². The molecule has 0 aliphatic carbocycles. The molecule has 0 spiro atoms. The molecule has 12 heavy (non-hydrogen) atoms. The third kappa shape index (κ3) is 12.6. The van der Waals surface area contributed by atoms with E-state index in [2.05, 4.69) is 13.8 Å². The molecule has 1 nitrogen and oxygen atoms in total. The molecule has 76 valence electrons. The molecule has 0 saturated heterocycles. The quantitative estimate of drug-likeness (QED) is 0.638. The van der Waals surface area contributed by atoms with Gasteiger partial charge in [0.25, 0.3) is 0 Å². The van der Waals surface area contributed by atoms with Crippen molar-refractivity contribution in [1.82, 2.24) is 4.90 Å². The van der Waals surface area contributed by atoms with Crippen LogP contribution in [0.1, 0.15) is 34.6 Å². The van der Waals surface area contributed by atoms with Gasteiger partial charge in [0.15, 0.2) is 0 Å². The van der Waals surface area contributed by atoms with Crippen molar-refractivity contribution >= 4 is 0 Å². The number of hydrogen-bond donors (Lipinski definition) is 0. The Kier molecular flexibility index (Phi) is 10.8. The minimum absolute atomic E-state index is 0.554. The SMILES string of the molecule is CC.CC(C)CN(C)C[C@@H](C)F. The molecule has 0 unspecified atom stereocenters. The minimum atomic E-state index is -0.705. The lowest BCUT2D eigenvalue weighted by Crippen LogP contribution is -2.28. The zero-order valence-electron chi connectivity index (χ0n) is 9.39. The van der Waals surface area contributed by atoms with Crippen molar-refractivity contribution in [3.63, 3.8) is 0 Å². The number of hydrogen-bond acceptors (Lipinski definition) is 1. The van der Waals surface area contributed by atoms with Crippen LogP contribution in [0.5, 0.6) is 0 Å². The fourth-order valence-electron chi connectivity index (χ4n) is 1.13. The van der Waals surface area contributed by atoms with Crippen LogP contribution in [0.4, 0.5) is 4.39 Å². The molecule has 2 heteroatoms. The summed E-state index contributed by atoms with van der Waals surface area (Å²) in [6.07, 6.45) is -0.705. The first kappa shape index (κ1) is 14.4. The molecular formula is C10H24FN. The summed E-state index contributed by atoms with van der Waals surface area (Å²) in [5.41, 5.74) is 0. The average molecular weight is 177 g/mol. The summed E-state index contributed by atoms with van der Waals surface area (Å²) in [6, 6.07) is 0. The van der Waals surface area contributed by atoms with Crippen LogP contribution in [0.25, 0.3) is 0 Å². The van der Waals surface area contributed by atoms with Crippen LogP contribution in [0.15, 0.2) is 0 Å². The first-order chi connectivity index (χ1) is 5.52. The Morgan fingerprint density at radius 1 is 1.08 bits per heavy atom. The number of alkyl halides is 1. The Labute approximate surface area is 77.0 Å². The topological polar surface area (TPSA) is 3.24 Å². The third-order valence-corrected chi connectivity index (χ3v) is 1.24. The molecule has 1 atom stereocenters. The first-order valence-electron chi connectivity index (χ1n) is 4.85. The monoisotopic (exact) mass is 177 g/mol. The maximum atomic E-state index is 12.4. The maximum Gasteiger partial charge on any atom is 0.110 e. The van der Waals surface area contributed by atoms with Crippen LogP contribution in [-0.4, -0.2) is 31.2 Å². The highest BCUT2D eigenvalue weighted by molar-refractivity contribution is 4.57. The van der Waals surface area contributed by atoms with Gasteiger partial charge in [0, 0.05) is 13.1 Å². The van der Waals surface area contributed by atoms with Crippen molar-refractivity contribution in [3.05, 3.63) is 0 Å². The highest BCUT2D eigenvalue weighted by Crippen LogP contribution is 1.98. The second-order valence-corrected chi connectivity index (χ2v) is 3.40. The van der Waals surface area contributed by atoms with Gasteiger partial charge in [-0.05, 0) is 19.9 Å². The van der Waals surface area contributed by atoms with Crippen molar-refractivity contribution in [2.75, 3.05) is 20.1 Å². The van der Waals surface area contributed by atoms with Crippen LogP contribution < -0.4 is 0 Å². The summed E-state index contributed by atoms with van der Waals surface area (Å²) in [4.78, 5) is 2.02. The maximum absolute atomic E-state index is 12.4. The van der Waals surface area contributed by atoms with E-state index in [-0.39, 0.29) is 0 Å². The summed E-state index contributed by atoms with van der Waals surface area (Å²) in [6.45, 7) is 11.4. The van der Waals surface area contributed by atoms with Gasteiger partial charge in [0.1, 0.15) is 6.17 Å². The molecule has 0 radical (unpaired) electrons. The van der Waals surface area contributed by atoms with Gasteiger partial charge >= 0.3 is 0 Å². The van der Waals surface area contributed by atoms with Crippen LogP contribution in [0.3, 0.4) is 0 Å². The van der Waals surface area contributed by atoms with Gasteiger partial charge < -0.3 is 4.90 Å². The second-order valence-electron chi connectivity index (χ2n) is 3.40. The van der Waals surface area contributed by atoms with E-state index < -0.39 is 6.17 Å². The van der Waals surface area contributed by atoms with Gasteiger partial charge in [0.2, 0.25) is 0 Å². The second kappa shape index (κ2) is 8.98. The Bertz CT molecular complexity index is 71.9. The van der Waals surface area contributed by atoms with Crippen LogP contribution in [0.2, 0.25) is 0 Å². The van der Waals surface area contributed by atoms with E-state index in [9.17, 15) is 4.39 Å². The molecule has 0 aromatic carbocycles. The Hall–Kier alpha value is -0.110. The van der Waals surface area contributed by atoms with Gasteiger partial charge in [-0.1, -0.05) is 27.7 Å². The standard InChI is InChI=1S/C8H18FN.C2H6/c1-7(2)5-10(4)6-8(3)9;1-2/h7-8H,5-6H2,1-4H3;1-2H3/t8-;/m1./s1. The van der Waals surface area contributed by atoms with Crippen LogP contribution in [0, 0.1) is 5.92 Å². The summed E-state index contributed by atoms with van der Waals surface area (Å²) in [5, 5.41) is 0. The van der Waals surface area contributed by atoms with Gasteiger partial charge in [-0.15, -0.1) is 0 Å². The lowest BCUT2D eigenvalue weighted by Gasteiger charge is -2.18. The van der Waals surface area contributed by atoms with E-state index in [4.69, 9.17) is 0 Å². The van der Waals surface area contributed by atoms with Crippen LogP contribution in [-0.2, 0) is 0 Å². The predicted molar refractivity (Wildman–Crippen MR) is 54.3 cm³/mol. The molecule has 0 saturated carbocycles.